The average Bonchev–Trinajstić information content (AvgIpc) is 2.83. The van der Waals surface area contributed by atoms with Crippen molar-refractivity contribution in [2.45, 2.75) is 4.90 Å². The average molecular weight is 600 g/mol. The number of non-ortho nitro benzene ring substituents is 1. The van der Waals surface area contributed by atoms with Crippen molar-refractivity contribution in [3.05, 3.63) is 58.1 Å². The van der Waals surface area contributed by atoms with Crippen LogP contribution in [0, 0.1) is 22.5 Å². The summed E-state index contributed by atoms with van der Waals surface area (Å²) < 4.78 is 28.9. The molecule has 0 aliphatic carbocycles. The number of nitrogens with zero attached hydrogens (tertiary/aromatic N) is 4. The molecule has 1 aliphatic heterocycles. The molecule has 2 aromatic carbocycles. The van der Waals surface area contributed by atoms with Gasteiger partial charge in [0.2, 0.25) is 10.0 Å². The van der Waals surface area contributed by atoms with Gasteiger partial charge in [-0.3, -0.25) is 10.1 Å². The largest absolute Gasteiger partial charge is 0.369 e. The molecule has 0 amide bonds. The summed E-state index contributed by atoms with van der Waals surface area (Å²) in [6, 6.07) is 12.2. The highest BCUT2D eigenvalue weighted by molar-refractivity contribution is 9.09. The van der Waals surface area contributed by atoms with E-state index in [0.717, 1.165) is 11.8 Å². The quantitative estimate of drug-likeness (QED) is 0.189. The van der Waals surface area contributed by atoms with E-state index in [4.69, 9.17) is 6.42 Å². The van der Waals surface area contributed by atoms with Crippen LogP contribution in [-0.2, 0) is 10.0 Å². The molecule has 0 atom stereocenters. The Morgan fingerprint density at radius 1 is 1.06 bits per heavy atom. The molecule has 1 fully saturated rings. The van der Waals surface area contributed by atoms with Gasteiger partial charge in [0.1, 0.15) is 4.90 Å². The van der Waals surface area contributed by atoms with Crippen molar-refractivity contribution in [2.75, 3.05) is 59.7 Å². The lowest BCUT2D eigenvalue weighted by Crippen LogP contribution is -2.49. The highest BCUT2D eigenvalue weighted by atomic mass is 79.9. The van der Waals surface area contributed by atoms with Crippen molar-refractivity contribution < 1.29 is 13.3 Å². The molecule has 11 heteroatoms. The van der Waals surface area contributed by atoms with Crippen LogP contribution in [0.2, 0.25) is 0 Å². The number of nitro benzene ring substituents is 1. The molecule has 1 saturated heterocycles. The van der Waals surface area contributed by atoms with Crippen LogP contribution < -0.4 is 9.80 Å². The second-order valence-electron chi connectivity index (χ2n) is 7.33. The van der Waals surface area contributed by atoms with E-state index in [9.17, 15) is 18.5 Å². The minimum absolute atomic E-state index is 0.125. The third-order valence-electron chi connectivity index (χ3n) is 5.43. The summed E-state index contributed by atoms with van der Waals surface area (Å²) in [5.41, 5.74) is 1.20. The first kappa shape index (κ1) is 25.5. The number of anilines is 2. The maximum absolute atomic E-state index is 13.8. The molecule has 0 radical (unpaired) electrons. The van der Waals surface area contributed by atoms with Gasteiger partial charge in [-0.25, -0.2) is 8.42 Å². The Morgan fingerprint density at radius 2 is 1.67 bits per heavy atom. The number of benzene rings is 2. The van der Waals surface area contributed by atoms with E-state index in [-0.39, 0.29) is 29.2 Å². The first-order valence-corrected chi connectivity index (χ1v) is 14.0. The molecule has 33 heavy (non-hydrogen) atoms. The number of terminal acetylenes is 1. The van der Waals surface area contributed by atoms with E-state index >= 15 is 0 Å². The second kappa shape index (κ2) is 11.3. The lowest BCUT2D eigenvalue weighted by Gasteiger charge is -2.36. The molecule has 1 heterocycles. The van der Waals surface area contributed by atoms with Gasteiger partial charge >= 0.3 is 0 Å². The Bertz CT molecular complexity index is 1130. The molecule has 2 aromatic rings. The van der Waals surface area contributed by atoms with Crippen molar-refractivity contribution >= 4 is 58.9 Å². The van der Waals surface area contributed by atoms with Crippen LogP contribution in [0.4, 0.5) is 17.1 Å². The maximum atomic E-state index is 13.8. The number of hydrogen-bond donors (Lipinski definition) is 0. The lowest BCUT2D eigenvalue weighted by atomic mass is 10.1. The summed E-state index contributed by atoms with van der Waals surface area (Å²) in [6.07, 6.45) is 5.69. The number of piperazine rings is 1. The fraction of sp³-hybridized carbons (Fsp3) is 0.364. The van der Waals surface area contributed by atoms with Crippen LogP contribution >= 0.6 is 31.9 Å². The predicted molar refractivity (Wildman–Crippen MR) is 138 cm³/mol. The molecular formula is C22H24Br2N4O4S. The van der Waals surface area contributed by atoms with Crippen LogP contribution in [0.3, 0.4) is 0 Å². The summed E-state index contributed by atoms with van der Waals surface area (Å²) in [6.45, 7) is 2.54. The van der Waals surface area contributed by atoms with E-state index < -0.39 is 14.9 Å². The summed E-state index contributed by atoms with van der Waals surface area (Å²) in [7, 11) is -4.03. The standard InChI is InChI=1S/C22H24Br2N4O4S/c1-2-18-16-20(28(29)30)17-21(22(18)26(10-8-23)11-9-24)33(31,32)27-14-12-25(13-15-27)19-6-4-3-5-7-19/h1,3-7,16-17H,8-15H2. The maximum Gasteiger partial charge on any atom is 0.272 e. The van der Waals surface area contributed by atoms with Crippen LogP contribution in [-0.4, -0.2) is 67.6 Å². The molecule has 8 nitrogen and oxygen atoms in total. The Morgan fingerprint density at radius 3 is 2.18 bits per heavy atom. The zero-order valence-corrected chi connectivity index (χ0v) is 21.9. The van der Waals surface area contributed by atoms with Gasteiger partial charge in [-0.05, 0) is 12.1 Å². The Balaban J connectivity index is 2.03. The topological polar surface area (TPSA) is 87.0 Å². The number of halogens is 2. The summed E-state index contributed by atoms with van der Waals surface area (Å²) >= 11 is 6.80. The van der Waals surface area contributed by atoms with E-state index in [1.807, 2.05) is 35.2 Å². The third-order valence-corrected chi connectivity index (χ3v) is 8.05. The van der Waals surface area contributed by atoms with Crippen molar-refractivity contribution in [1.82, 2.24) is 4.31 Å². The van der Waals surface area contributed by atoms with Crippen molar-refractivity contribution in [3.8, 4) is 12.3 Å². The fourth-order valence-electron chi connectivity index (χ4n) is 3.84. The summed E-state index contributed by atoms with van der Waals surface area (Å²) in [4.78, 5) is 14.8. The van der Waals surface area contributed by atoms with Gasteiger partial charge in [0, 0.05) is 67.7 Å². The summed E-state index contributed by atoms with van der Waals surface area (Å²) in [5.74, 6) is 2.46. The van der Waals surface area contributed by atoms with Crippen LogP contribution in [0.1, 0.15) is 5.56 Å². The van der Waals surface area contributed by atoms with E-state index in [0.29, 0.717) is 42.5 Å². The molecule has 176 valence electrons. The number of alkyl halides is 2. The zero-order valence-electron chi connectivity index (χ0n) is 17.9. The lowest BCUT2D eigenvalue weighted by molar-refractivity contribution is -0.385. The highest BCUT2D eigenvalue weighted by Gasteiger charge is 2.34. The highest BCUT2D eigenvalue weighted by Crippen LogP contribution is 2.36. The monoisotopic (exact) mass is 598 g/mol. The van der Waals surface area contributed by atoms with E-state index in [2.05, 4.69) is 42.7 Å². The molecule has 0 N–H and O–H groups in total. The number of para-hydroxylation sites is 1. The van der Waals surface area contributed by atoms with E-state index in [1.54, 1.807) is 0 Å². The van der Waals surface area contributed by atoms with Crippen LogP contribution in [0.5, 0.6) is 0 Å². The minimum Gasteiger partial charge on any atom is -0.369 e. The Hall–Kier alpha value is -2.13. The number of nitro groups is 1. The Labute approximate surface area is 211 Å². The first-order chi connectivity index (χ1) is 15.8. The van der Waals surface area contributed by atoms with Crippen molar-refractivity contribution in [1.29, 1.82) is 0 Å². The van der Waals surface area contributed by atoms with Gasteiger partial charge in [0.15, 0.2) is 0 Å². The third kappa shape index (κ3) is 5.69. The van der Waals surface area contributed by atoms with Gasteiger partial charge in [-0.15, -0.1) is 6.42 Å². The molecule has 0 bridgehead atoms. The normalized spacial score (nSPS) is 14.6. The SMILES string of the molecule is C#Cc1cc([N+](=O)[O-])cc(S(=O)(=O)N2CCN(c3ccccc3)CC2)c1N(CCBr)CCBr. The second-order valence-corrected chi connectivity index (χ2v) is 10.8. The van der Waals surface area contributed by atoms with Gasteiger partial charge in [0.05, 0.1) is 16.2 Å². The molecule has 1 aliphatic rings. The van der Waals surface area contributed by atoms with Crippen LogP contribution in [0.25, 0.3) is 0 Å². The molecule has 0 unspecified atom stereocenters. The van der Waals surface area contributed by atoms with Gasteiger partial charge in [0.25, 0.3) is 5.69 Å². The summed E-state index contributed by atoms with van der Waals surface area (Å²) in [5, 5.41) is 12.7. The van der Waals surface area contributed by atoms with Crippen LogP contribution in [0.15, 0.2) is 47.4 Å². The van der Waals surface area contributed by atoms with Gasteiger partial charge in [-0.1, -0.05) is 56.0 Å². The van der Waals surface area contributed by atoms with Gasteiger partial charge in [-0.2, -0.15) is 4.31 Å². The predicted octanol–water partition coefficient (Wildman–Crippen LogP) is 3.68. The minimum atomic E-state index is -4.03. The molecular weight excluding hydrogens is 576 g/mol. The van der Waals surface area contributed by atoms with Crippen molar-refractivity contribution in [2.24, 2.45) is 0 Å². The van der Waals surface area contributed by atoms with Gasteiger partial charge < -0.3 is 9.80 Å². The van der Waals surface area contributed by atoms with Crippen molar-refractivity contribution in [3.63, 3.8) is 0 Å². The molecule has 0 saturated carbocycles. The number of sulfonamides is 1. The molecule has 0 spiro atoms. The zero-order chi connectivity index (χ0) is 24.0. The van der Waals surface area contributed by atoms with E-state index in [1.165, 1.54) is 10.4 Å². The Kier molecular flexibility index (Phi) is 8.75. The fourth-order valence-corrected chi connectivity index (χ4v) is 6.37. The first-order valence-electron chi connectivity index (χ1n) is 10.3. The smallest absolute Gasteiger partial charge is 0.272 e. The number of hydrogen-bond acceptors (Lipinski definition) is 6. The number of rotatable bonds is 9. The molecule has 3 rings (SSSR count). The molecule has 0 aromatic heterocycles.